The molecule has 0 fully saturated rings. The third-order valence-corrected chi connectivity index (χ3v) is 5.31. The SMILES string of the molecule is CC1(C2CC(Br)=CS2)CC(C(F)(F)F)OC(N)=N1. The van der Waals surface area contributed by atoms with Gasteiger partial charge in [0.15, 0.2) is 6.10 Å². The first-order chi connectivity index (χ1) is 8.21. The minimum Gasteiger partial charge on any atom is -0.452 e. The average Bonchev–Trinajstić information content (AvgIpc) is 2.63. The third-order valence-electron chi connectivity index (χ3n) is 3.03. The Morgan fingerprint density at radius 1 is 1.61 bits per heavy atom. The van der Waals surface area contributed by atoms with Crippen LogP contribution in [0.1, 0.15) is 19.8 Å². The van der Waals surface area contributed by atoms with Gasteiger partial charge in [-0.3, -0.25) is 0 Å². The molecule has 8 heteroatoms. The van der Waals surface area contributed by atoms with Crippen LogP contribution in [0.15, 0.2) is 14.9 Å². The lowest BCUT2D eigenvalue weighted by atomic mass is 9.88. The van der Waals surface area contributed by atoms with Crippen molar-refractivity contribution in [3.05, 3.63) is 9.89 Å². The second-order valence-corrected chi connectivity index (χ2v) is 6.65. The number of thioether (sulfide) groups is 1. The van der Waals surface area contributed by atoms with E-state index in [2.05, 4.69) is 25.7 Å². The number of nitrogens with zero attached hydrogens (tertiary/aromatic N) is 1. The van der Waals surface area contributed by atoms with E-state index < -0.39 is 17.8 Å². The summed E-state index contributed by atoms with van der Waals surface area (Å²) in [5, 5.41) is 1.83. The van der Waals surface area contributed by atoms with Crippen molar-refractivity contribution in [1.82, 2.24) is 0 Å². The molecule has 3 atom stereocenters. The number of halogens is 4. The van der Waals surface area contributed by atoms with Crippen LogP contribution in [0.4, 0.5) is 13.2 Å². The molecule has 2 heterocycles. The molecule has 2 aliphatic heterocycles. The first-order valence-electron chi connectivity index (χ1n) is 5.29. The van der Waals surface area contributed by atoms with Gasteiger partial charge >= 0.3 is 6.18 Å². The van der Waals surface area contributed by atoms with Gasteiger partial charge in [-0.25, -0.2) is 4.99 Å². The Hall–Kier alpha value is -0.370. The molecule has 0 radical (unpaired) electrons. The van der Waals surface area contributed by atoms with E-state index in [4.69, 9.17) is 5.73 Å². The Balaban J connectivity index is 2.20. The number of hydrogen-bond donors (Lipinski definition) is 1. The molecule has 0 aromatic carbocycles. The van der Waals surface area contributed by atoms with Crippen LogP contribution < -0.4 is 5.73 Å². The minimum atomic E-state index is -4.42. The molecular formula is C10H12BrF3N2OS. The Labute approximate surface area is 115 Å². The molecule has 2 aliphatic rings. The second-order valence-electron chi connectivity index (χ2n) is 4.55. The van der Waals surface area contributed by atoms with Crippen LogP contribution >= 0.6 is 27.7 Å². The van der Waals surface area contributed by atoms with Crippen LogP contribution in [0.5, 0.6) is 0 Å². The quantitative estimate of drug-likeness (QED) is 0.794. The van der Waals surface area contributed by atoms with E-state index >= 15 is 0 Å². The minimum absolute atomic E-state index is 0.0563. The first-order valence-corrected chi connectivity index (χ1v) is 7.03. The summed E-state index contributed by atoms with van der Waals surface area (Å²) in [5.74, 6) is 0. The Bertz CT molecular complexity index is 412. The smallest absolute Gasteiger partial charge is 0.425 e. The Morgan fingerprint density at radius 3 is 2.78 bits per heavy atom. The zero-order valence-corrected chi connectivity index (χ0v) is 11.9. The van der Waals surface area contributed by atoms with Crippen LogP contribution in [-0.4, -0.2) is 29.1 Å². The lowest BCUT2D eigenvalue weighted by Crippen LogP contribution is -2.50. The molecule has 102 valence electrons. The fraction of sp³-hybridized carbons (Fsp3) is 0.700. The van der Waals surface area contributed by atoms with Gasteiger partial charge in [0.25, 0.3) is 6.02 Å². The van der Waals surface area contributed by atoms with Crippen molar-refractivity contribution >= 4 is 33.7 Å². The zero-order chi connectivity index (χ0) is 13.6. The third kappa shape index (κ3) is 2.79. The number of alkyl halides is 3. The molecular weight excluding hydrogens is 333 g/mol. The molecule has 2 N–H and O–H groups in total. The number of rotatable bonds is 1. The number of aliphatic imine (C=N–C) groups is 1. The van der Waals surface area contributed by atoms with Gasteiger partial charge in [0, 0.05) is 16.2 Å². The second kappa shape index (κ2) is 4.63. The van der Waals surface area contributed by atoms with Crippen LogP contribution in [-0.2, 0) is 4.74 Å². The number of ether oxygens (including phenoxy) is 1. The predicted molar refractivity (Wildman–Crippen MR) is 68.6 cm³/mol. The molecule has 3 nitrogen and oxygen atoms in total. The molecule has 0 spiro atoms. The molecule has 0 bridgehead atoms. The lowest BCUT2D eigenvalue weighted by Gasteiger charge is -2.38. The van der Waals surface area contributed by atoms with Gasteiger partial charge < -0.3 is 10.5 Å². The standard InChI is InChI=1S/C10H12BrF3N2OS/c1-9(7-2-5(11)4-18-7)3-6(10(12,13)14)17-8(15)16-9/h4,6-7H,2-3H2,1H3,(H2,15,16). The maximum atomic E-state index is 12.8. The van der Waals surface area contributed by atoms with Gasteiger partial charge in [0.1, 0.15) is 0 Å². The van der Waals surface area contributed by atoms with Crippen molar-refractivity contribution in [2.45, 2.75) is 42.8 Å². The van der Waals surface area contributed by atoms with Crippen molar-refractivity contribution in [2.75, 3.05) is 0 Å². The number of amidine groups is 1. The van der Waals surface area contributed by atoms with Crippen LogP contribution in [0.25, 0.3) is 0 Å². The van der Waals surface area contributed by atoms with Crippen molar-refractivity contribution < 1.29 is 17.9 Å². The first kappa shape index (κ1) is 14.0. The molecule has 2 rings (SSSR count). The highest BCUT2D eigenvalue weighted by Crippen LogP contribution is 2.45. The summed E-state index contributed by atoms with van der Waals surface area (Å²) < 4.78 is 43.8. The number of allylic oxidation sites excluding steroid dienone is 1. The zero-order valence-electron chi connectivity index (χ0n) is 9.50. The van der Waals surface area contributed by atoms with Gasteiger partial charge in [-0.15, -0.1) is 11.8 Å². The van der Waals surface area contributed by atoms with E-state index in [1.165, 1.54) is 11.8 Å². The summed E-state index contributed by atoms with van der Waals surface area (Å²) >= 11 is 4.82. The highest BCUT2D eigenvalue weighted by Gasteiger charge is 2.51. The van der Waals surface area contributed by atoms with Gasteiger partial charge in [-0.2, -0.15) is 13.2 Å². The summed E-state index contributed by atoms with van der Waals surface area (Å²) in [4.78, 5) is 4.09. The van der Waals surface area contributed by atoms with E-state index in [1.54, 1.807) is 6.92 Å². The molecule has 18 heavy (non-hydrogen) atoms. The number of nitrogens with two attached hydrogens (primary N) is 1. The summed E-state index contributed by atoms with van der Waals surface area (Å²) in [6, 6.07) is -0.380. The van der Waals surface area contributed by atoms with E-state index in [9.17, 15) is 13.2 Å². The molecule has 0 aromatic heterocycles. The van der Waals surface area contributed by atoms with Crippen LogP contribution in [0.2, 0.25) is 0 Å². The number of hydrogen-bond acceptors (Lipinski definition) is 4. The largest absolute Gasteiger partial charge is 0.452 e. The average molecular weight is 345 g/mol. The lowest BCUT2D eigenvalue weighted by molar-refractivity contribution is -0.207. The predicted octanol–water partition coefficient (Wildman–Crippen LogP) is 3.15. The van der Waals surface area contributed by atoms with Gasteiger partial charge in [0.2, 0.25) is 0 Å². The fourth-order valence-corrected chi connectivity index (χ4v) is 4.06. The molecule has 0 saturated heterocycles. The summed E-state index contributed by atoms with van der Waals surface area (Å²) in [5.41, 5.74) is 4.53. The van der Waals surface area contributed by atoms with Crippen molar-refractivity contribution in [1.29, 1.82) is 0 Å². The summed E-state index contributed by atoms with van der Waals surface area (Å²) in [6.07, 6.45) is -5.85. The molecule has 3 unspecified atom stereocenters. The molecule has 0 aromatic rings. The maximum absolute atomic E-state index is 12.8. The van der Waals surface area contributed by atoms with Crippen LogP contribution in [0.3, 0.4) is 0 Å². The highest BCUT2D eigenvalue weighted by molar-refractivity contribution is 9.11. The highest BCUT2D eigenvalue weighted by atomic mass is 79.9. The monoisotopic (exact) mass is 344 g/mol. The van der Waals surface area contributed by atoms with Crippen LogP contribution in [0, 0.1) is 0 Å². The van der Waals surface area contributed by atoms with E-state index in [0.717, 1.165) is 4.48 Å². The van der Waals surface area contributed by atoms with Gasteiger partial charge in [-0.05, 0) is 18.8 Å². The van der Waals surface area contributed by atoms with Gasteiger partial charge in [0.05, 0.1) is 5.54 Å². The Kier molecular flexibility index (Phi) is 3.61. The normalized spacial score (nSPS) is 36.9. The fourth-order valence-electron chi connectivity index (χ4n) is 2.07. The van der Waals surface area contributed by atoms with E-state index in [-0.39, 0.29) is 17.7 Å². The summed E-state index contributed by atoms with van der Waals surface area (Å²) in [6.45, 7) is 1.69. The van der Waals surface area contributed by atoms with Crippen molar-refractivity contribution in [3.8, 4) is 0 Å². The van der Waals surface area contributed by atoms with Crippen molar-refractivity contribution in [2.24, 2.45) is 10.7 Å². The van der Waals surface area contributed by atoms with Crippen molar-refractivity contribution in [3.63, 3.8) is 0 Å². The molecule has 0 saturated carbocycles. The van der Waals surface area contributed by atoms with Gasteiger partial charge in [-0.1, -0.05) is 15.9 Å². The Morgan fingerprint density at radius 2 is 2.28 bits per heavy atom. The van der Waals surface area contributed by atoms with E-state index in [1.807, 2.05) is 5.41 Å². The topological polar surface area (TPSA) is 47.6 Å². The van der Waals surface area contributed by atoms with E-state index in [0.29, 0.717) is 6.42 Å². The maximum Gasteiger partial charge on any atom is 0.425 e. The molecule has 0 aliphatic carbocycles. The summed E-state index contributed by atoms with van der Waals surface area (Å²) in [7, 11) is 0. The molecule has 0 amide bonds.